The van der Waals surface area contributed by atoms with Gasteiger partial charge in [-0.15, -0.1) is 0 Å². The third-order valence-electron chi connectivity index (χ3n) is 18.8. The molecule has 504 valence electrons. The Bertz CT molecular complexity index is 4360. The van der Waals surface area contributed by atoms with Crippen molar-refractivity contribution in [1.82, 2.24) is 0 Å². The third kappa shape index (κ3) is 15.5. The molecule has 0 saturated carbocycles. The quantitative estimate of drug-likeness (QED) is 0.156. The van der Waals surface area contributed by atoms with Crippen LogP contribution in [-0.4, -0.2) is 80.8 Å². The fourth-order valence-corrected chi connectivity index (χ4v) is 13.3. The number of rotatable bonds is 3. The molecule has 2 aliphatic rings. The summed E-state index contributed by atoms with van der Waals surface area (Å²) in [6, 6.07) is 46.7. The van der Waals surface area contributed by atoms with Gasteiger partial charge in [-0.3, -0.25) is 0 Å². The van der Waals surface area contributed by atoms with Crippen LogP contribution < -0.4 is 23.7 Å². The number of hydrogen-bond donors (Lipinski definition) is 3. The highest BCUT2D eigenvalue weighted by Gasteiger charge is 2.31. The van der Waals surface area contributed by atoms with E-state index in [4.69, 9.17) is 33.2 Å². The molecular formula is C85H98O11. The minimum Gasteiger partial charge on any atom is -0.507 e. The number of aromatic hydroxyl groups is 2. The highest BCUT2D eigenvalue weighted by molar-refractivity contribution is 6.09. The Morgan fingerprint density at radius 3 is 0.969 bits per heavy atom. The van der Waals surface area contributed by atoms with Gasteiger partial charge >= 0.3 is 5.97 Å². The van der Waals surface area contributed by atoms with E-state index in [9.17, 15) is 20.1 Å². The summed E-state index contributed by atoms with van der Waals surface area (Å²) in [4.78, 5) is 12.8. The second-order valence-electron chi connectivity index (χ2n) is 31.4. The summed E-state index contributed by atoms with van der Waals surface area (Å²) in [5, 5.41) is 40.9. The van der Waals surface area contributed by atoms with Crippen LogP contribution in [0.4, 0.5) is 0 Å². The highest BCUT2D eigenvalue weighted by atomic mass is 16.6. The molecule has 11 heteroatoms. The summed E-state index contributed by atoms with van der Waals surface area (Å²) >= 11 is 0. The van der Waals surface area contributed by atoms with Crippen molar-refractivity contribution in [3.63, 3.8) is 0 Å². The van der Waals surface area contributed by atoms with Crippen molar-refractivity contribution in [3.05, 3.63) is 217 Å². The van der Waals surface area contributed by atoms with Crippen molar-refractivity contribution in [2.24, 2.45) is 0 Å². The lowest BCUT2D eigenvalue weighted by Gasteiger charge is -2.28. The van der Waals surface area contributed by atoms with Gasteiger partial charge in [-0.2, -0.15) is 0 Å². The normalized spacial score (nSPS) is 14.9. The molecule has 0 fully saturated rings. The van der Waals surface area contributed by atoms with Gasteiger partial charge in [0.15, 0.2) is 6.61 Å². The molecule has 0 saturated heterocycles. The molecule has 1 heterocycles. The summed E-state index contributed by atoms with van der Waals surface area (Å²) in [6.07, 6.45) is 1.47. The van der Waals surface area contributed by atoms with Crippen LogP contribution in [0.5, 0.6) is 40.2 Å². The predicted molar refractivity (Wildman–Crippen MR) is 387 cm³/mol. The first-order valence-electron chi connectivity index (χ1n) is 34.1. The predicted octanol–water partition coefficient (Wildman–Crippen LogP) is 18.6. The van der Waals surface area contributed by atoms with E-state index in [0.29, 0.717) is 65.6 Å². The number of benzene rings is 9. The Morgan fingerprint density at radius 1 is 0.365 bits per heavy atom. The lowest BCUT2D eigenvalue weighted by atomic mass is 9.79. The van der Waals surface area contributed by atoms with Crippen molar-refractivity contribution < 1.29 is 53.3 Å². The third-order valence-corrected chi connectivity index (χ3v) is 18.8. The number of phenols is 2. The maximum absolute atomic E-state index is 13.2. The van der Waals surface area contributed by atoms with Gasteiger partial charge in [-0.1, -0.05) is 225 Å². The molecule has 9 aromatic carbocycles. The number of carboxylic acid groups (broad SMARTS) is 1. The molecular weight excluding hydrogens is 1200 g/mol. The van der Waals surface area contributed by atoms with Crippen LogP contribution in [0.15, 0.2) is 133 Å². The van der Waals surface area contributed by atoms with E-state index < -0.39 is 12.6 Å². The Labute approximate surface area is 568 Å². The molecule has 9 aromatic rings. The Morgan fingerprint density at radius 2 is 0.646 bits per heavy atom. The zero-order valence-corrected chi connectivity index (χ0v) is 59.2. The molecule has 96 heavy (non-hydrogen) atoms. The number of ether oxygens (including phenoxy) is 7. The standard InChI is InChI=1S/C85H98O11/c1-81(2,3)64-41-54-36-58-45-66(83(7,8)9)46-59-37-55-42-65(82(4,5)6)44-57(77(55)89)39-61-48-68(85(13,14)15)50-63(80(61)96-51-73(86)87)40-62-49-67(84(10,11)12)47-60(38-56(43-64)76(54)88)79(62)95-35-31-91-29-33-93-72-27-25-53-21-17-19-23-70(53)75(72)74-69-22-18-16-20-52(69)24-26-71(74)92-32-28-90-30-34-94-78(58)59/h16-27,41-50,88-89H,28-40,51H2,1-15H3,(H,86,87). The number of phenolic OH excluding ortho intramolecular Hbond substituents is 2. The number of carbonyl (C=O) groups is 1. The maximum atomic E-state index is 13.2. The SMILES string of the molecule is CC(C)(C)c1cc2c(O)c(c1)Cc1cc(C(C)(C)C)cc3c1OCCOCCOc1ccc4ccccc4c1-c1c(ccc4ccccc14)OCCOCCOc1c(cc(C(C)(C)C)cc1Cc1cc(C(C)(C)C)cc(c1O)Cc1cc(C(C)(C)C)cc(c1OCC(=O)O)C3)C2. The van der Waals surface area contributed by atoms with Crippen LogP contribution in [-0.2, 0) is 73.4 Å². The summed E-state index contributed by atoms with van der Waals surface area (Å²) < 4.78 is 47.5. The summed E-state index contributed by atoms with van der Waals surface area (Å²) in [6.45, 7) is 34.2. The van der Waals surface area contributed by atoms with E-state index in [1.54, 1.807) is 0 Å². The minimum absolute atomic E-state index is 0.134. The van der Waals surface area contributed by atoms with Crippen LogP contribution >= 0.6 is 0 Å². The first-order chi connectivity index (χ1) is 45.4. The molecule has 0 radical (unpaired) electrons. The van der Waals surface area contributed by atoms with Crippen molar-refractivity contribution in [2.45, 2.75) is 163 Å². The molecule has 11 rings (SSSR count). The average Bonchev–Trinajstić information content (AvgIpc) is 0.761. The summed E-state index contributed by atoms with van der Waals surface area (Å²) in [5.41, 5.74) is 13.2. The van der Waals surface area contributed by atoms with Gasteiger partial charge in [-0.25, -0.2) is 4.79 Å². The molecule has 0 spiro atoms. The molecule has 3 N–H and O–H groups in total. The largest absolute Gasteiger partial charge is 0.507 e. The maximum Gasteiger partial charge on any atom is 0.341 e. The molecule has 11 nitrogen and oxygen atoms in total. The second-order valence-corrected chi connectivity index (χ2v) is 31.4. The molecule has 1 aliphatic carbocycles. The van der Waals surface area contributed by atoms with Gasteiger partial charge in [0, 0.05) is 43.2 Å². The van der Waals surface area contributed by atoms with E-state index in [1.807, 2.05) is 24.3 Å². The first-order valence-corrected chi connectivity index (χ1v) is 34.1. The number of aliphatic carboxylic acids is 1. The monoisotopic (exact) mass is 1290 g/mol. The van der Waals surface area contributed by atoms with Crippen molar-refractivity contribution in [2.75, 3.05) is 59.5 Å². The van der Waals surface area contributed by atoms with Crippen LogP contribution in [0, 0.1) is 0 Å². The van der Waals surface area contributed by atoms with Crippen LogP contribution in [0.25, 0.3) is 32.7 Å². The zero-order chi connectivity index (χ0) is 68.6. The van der Waals surface area contributed by atoms with E-state index in [-0.39, 0.29) is 97.8 Å². The fraction of sp³-hybridized carbons (Fsp3) is 0.400. The summed E-state index contributed by atoms with van der Waals surface area (Å²) in [5.74, 6) is 2.33. The van der Waals surface area contributed by atoms with E-state index in [0.717, 1.165) is 105 Å². The number of fused-ring (bicyclic) bond motifs is 11. The van der Waals surface area contributed by atoms with Crippen LogP contribution in [0.2, 0.25) is 0 Å². The van der Waals surface area contributed by atoms with Gasteiger partial charge in [-0.05, 0) is 144 Å². The second kappa shape index (κ2) is 27.5. The number of carboxylic acids is 1. The van der Waals surface area contributed by atoms with Crippen LogP contribution in [0.3, 0.4) is 0 Å². The average molecular weight is 1300 g/mol. The van der Waals surface area contributed by atoms with Gasteiger partial charge in [0.05, 0.1) is 26.4 Å². The minimum atomic E-state index is -1.11. The van der Waals surface area contributed by atoms with Gasteiger partial charge < -0.3 is 48.5 Å². The highest BCUT2D eigenvalue weighted by Crippen LogP contribution is 2.48. The smallest absolute Gasteiger partial charge is 0.341 e. The molecule has 0 aromatic heterocycles. The van der Waals surface area contributed by atoms with Crippen molar-refractivity contribution >= 4 is 27.5 Å². The van der Waals surface area contributed by atoms with Crippen LogP contribution in [0.1, 0.15) is 187 Å². The van der Waals surface area contributed by atoms with E-state index >= 15 is 0 Å². The number of hydrogen-bond acceptors (Lipinski definition) is 10. The Hall–Kier alpha value is -8.51. The molecule has 12 bridgehead atoms. The lowest BCUT2D eigenvalue weighted by molar-refractivity contribution is -0.139. The van der Waals surface area contributed by atoms with Gasteiger partial charge in [0.2, 0.25) is 0 Å². The molecule has 1 aliphatic heterocycles. The first kappa shape index (κ1) is 68.9. The fourth-order valence-electron chi connectivity index (χ4n) is 13.3. The Balaban J connectivity index is 1.16. The van der Waals surface area contributed by atoms with E-state index in [1.165, 1.54) is 0 Å². The molecule has 0 atom stereocenters. The summed E-state index contributed by atoms with van der Waals surface area (Å²) in [7, 11) is 0. The molecule has 0 amide bonds. The van der Waals surface area contributed by atoms with Gasteiger partial charge in [0.1, 0.15) is 66.7 Å². The zero-order valence-electron chi connectivity index (χ0n) is 59.2. The van der Waals surface area contributed by atoms with Crippen molar-refractivity contribution in [3.8, 4) is 51.4 Å². The van der Waals surface area contributed by atoms with Gasteiger partial charge in [0.25, 0.3) is 0 Å². The Kier molecular flexibility index (Phi) is 19.8. The van der Waals surface area contributed by atoms with E-state index in [2.05, 4.69) is 213 Å². The van der Waals surface area contributed by atoms with Crippen molar-refractivity contribution in [1.29, 1.82) is 0 Å². The topological polar surface area (TPSA) is 142 Å². The molecule has 0 unspecified atom stereocenters. The lowest BCUT2D eigenvalue weighted by Crippen LogP contribution is -2.18.